The zero-order chi connectivity index (χ0) is 20.6. The average Bonchev–Trinajstić information content (AvgIpc) is 2.74. The quantitative estimate of drug-likeness (QED) is 0.585. The predicted octanol–water partition coefficient (Wildman–Crippen LogP) is 4.34. The number of hydrogen-bond acceptors (Lipinski definition) is 4. The van der Waals surface area contributed by atoms with Gasteiger partial charge in [-0.25, -0.2) is 4.98 Å². The van der Waals surface area contributed by atoms with E-state index in [9.17, 15) is 9.59 Å². The molecule has 8 heteroatoms. The topological polar surface area (TPSA) is 80.3 Å². The predicted molar refractivity (Wildman–Crippen MR) is 112 cm³/mol. The number of aromatic nitrogens is 1. The first-order valence-electron chi connectivity index (χ1n) is 8.67. The number of ether oxygens (including phenoxy) is 1. The Bertz CT molecular complexity index is 996. The monoisotopic (exact) mass is 429 g/mol. The lowest BCUT2D eigenvalue weighted by Gasteiger charge is -2.09. The number of amides is 2. The van der Waals surface area contributed by atoms with Gasteiger partial charge in [-0.15, -0.1) is 0 Å². The van der Waals surface area contributed by atoms with Crippen LogP contribution in [-0.2, 0) is 11.4 Å². The molecule has 0 aliphatic carbocycles. The maximum atomic E-state index is 12.1. The smallest absolute Gasteiger partial charge is 0.251 e. The fraction of sp³-hybridized carbons (Fsp3) is 0.0952. The Morgan fingerprint density at radius 3 is 2.45 bits per heavy atom. The molecule has 6 nitrogen and oxygen atoms in total. The van der Waals surface area contributed by atoms with Crippen molar-refractivity contribution in [3.8, 4) is 5.88 Å². The van der Waals surface area contributed by atoms with Crippen molar-refractivity contribution in [1.29, 1.82) is 0 Å². The molecular formula is C21H17Cl2N3O3. The van der Waals surface area contributed by atoms with Crippen LogP contribution < -0.4 is 15.4 Å². The van der Waals surface area contributed by atoms with Crippen LogP contribution in [0.2, 0.25) is 10.0 Å². The van der Waals surface area contributed by atoms with Crippen LogP contribution in [0.3, 0.4) is 0 Å². The second-order valence-corrected chi connectivity index (χ2v) is 6.83. The maximum absolute atomic E-state index is 12.1. The number of pyridine rings is 1. The summed E-state index contributed by atoms with van der Waals surface area (Å²) in [5.74, 6) is -0.376. The van der Waals surface area contributed by atoms with Crippen molar-refractivity contribution < 1.29 is 14.3 Å². The number of halogens is 2. The molecule has 1 heterocycles. The van der Waals surface area contributed by atoms with E-state index in [0.717, 1.165) is 5.56 Å². The summed E-state index contributed by atoms with van der Waals surface area (Å²) >= 11 is 11.7. The summed E-state index contributed by atoms with van der Waals surface area (Å²) in [6.07, 6.45) is 1.49. The minimum Gasteiger partial charge on any atom is -0.473 e. The number of rotatable bonds is 7. The van der Waals surface area contributed by atoms with Crippen LogP contribution in [0.15, 0.2) is 66.9 Å². The van der Waals surface area contributed by atoms with Gasteiger partial charge < -0.3 is 15.4 Å². The zero-order valence-electron chi connectivity index (χ0n) is 15.2. The molecule has 3 aromatic rings. The maximum Gasteiger partial charge on any atom is 0.251 e. The third-order valence-corrected chi connectivity index (χ3v) is 4.58. The molecule has 0 spiro atoms. The zero-order valence-corrected chi connectivity index (χ0v) is 16.7. The van der Waals surface area contributed by atoms with Crippen LogP contribution in [-0.4, -0.2) is 23.3 Å². The Balaban J connectivity index is 1.46. The summed E-state index contributed by atoms with van der Waals surface area (Å²) in [5.41, 5.74) is 1.84. The fourth-order valence-corrected chi connectivity index (χ4v) is 2.67. The van der Waals surface area contributed by atoms with Crippen molar-refractivity contribution in [3.63, 3.8) is 0 Å². The highest BCUT2D eigenvalue weighted by molar-refractivity contribution is 6.42. The molecule has 0 aliphatic heterocycles. The molecule has 148 valence electrons. The van der Waals surface area contributed by atoms with E-state index in [2.05, 4.69) is 15.6 Å². The SMILES string of the molecule is O=C(CNC(=O)c1ccc(Cl)c(Cl)c1)Nc1ccc(OCc2ccccc2)nc1. The van der Waals surface area contributed by atoms with E-state index in [1.807, 2.05) is 30.3 Å². The van der Waals surface area contributed by atoms with E-state index in [-0.39, 0.29) is 11.6 Å². The van der Waals surface area contributed by atoms with E-state index in [1.165, 1.54) is 24.4 Å². The lowest BCUT2D eigenvalue weighted by Crippen LogP contribution is -2.32. The van der Waals surface area contributed by atoms with Crippen LogP contribution >= 0.6 is 23.2 Å². The second-order valence-electron chi connectivity index (χ2n) is 6.02. The minimum absolute atomic E-state index is 0.203. The number of nitrogens with one attached hydrogen (secondary N) is 2. The highest BCUT2D eigenvalue weighted by Gasteiger charge is 2.10. The van der Waals surface area contributed by atoms with Gasteiger partial charge in [0.1, 0.15) is 6.61 Å². The Kier molecular flexibility index (Phi) is 7.05. The molecular weight excluding hydrogens is 413 g/mol. The molecule has 0 saturated carbocycles. The standard InChI is InChI=1S/C21H17Cl2N3O3/c22-17-8-6-15(10-18(17)23)21(28)25-12-19(27)26-16-7-9-20(24-11-16)29-13-14-4-2-1-3-5-14/h1-11H,12-13H2,(H,25,28)(H,26,27). The number of carbonyl (C=O) groups is 2. The fourth-order valence-electron chi connectivity index (χ4n) is 2.38. The number of nitrogens with zero attached hydrogens (tertiary/aromatic N) is 1. The van der Waals surface area contributed by atoms with Gasteiger partial charge in [0.25, 0.3) is 5.91 Å². The Labute approximate surface area is 177 Å². The van der Waals surface area contributed by atoms with Gasteiger partial charge in [0.15, 0.2) is 0 Å². The van der Waals surface area contributed by atoms with Crippen LogP contribution in [0.1, 0.15) is 15.9 Å². The lowest BCUT2D eigenvalue weighted by atomic mass is 10.2. The summed E-state index contributed by atoms with van der Waals surface area (Å²) in [5, 5.41) is 5.79. The van der Waals surface area contributed by atoms with Crippen molar-refractivity contribution in [3.05, 3.63) is 88.0 Å². The van der Waals surface area contributed by atoms with Gasteiger partial charge in [-0.1, -0.05) is 53.5 Å². The van der Waals surface area contributed by atoms with Crippen LogP contribution in [0, 0.1) is 0 Å². The van der Waals surface area contributed by atoms with Gasteiger partial charge in [-0.3, -0.25) is 9.59 Å². The Morgan fingerprint density at radius 2 is 1.76 bits per heavy atom. The summed E-state index contributed by atoms with van der Waals surface area (Å²) < 4.78 is 5.60. The Hall–Kier alpha value is -3.09. The van der Waals surface area contributed by atoms with E-state index in [0.29, 0.717) is 28.8 Å². The largest absolute Gasteiger partial charge is 0.473 e. The summed E-state index contributed by atoms with van der Waals surface area (Å²) in [6.45, 7) is 0.200. The van der Waals surface area contributed by atoms with Gasteiger partial charge in [-0.05, 0) is 29.8 Å². The molecule has 0 aliphatic rings. The second kappa shape index (κ2) is 9.91. The highest BCUT2D eigenvalue weighted by atomic mass is 35.5. The molecule has 0 fully saturated rings. The van der Waals surface area contributed by atoms with Crippen LogP contribution in [0.25, 0.3) is 0 Å². The van der Waals surface area contributed by atoms with Crippen molar-refractivity contribution >= 4 is 40.7 Å². The molecule has 0 saturated heterocycles. The van der Waals surface area contributed by atoms with Gasteiger partial charge in [0.2, 0.25) is 11.8 Å². The van der Waals surface area contributed by atoms with Crippen molar-refractivity contribution in [2.45, 2.75) is 6.61 Å². The normalized spacial score (nSPS) is 10.3. The molecule has 2 amide bonds. The minimum atomic E-state index is -0.429. The van der Waals surface area contributed by atoms with E-state index in [1.54, 1.807) is 12.1 Å². The number of hydrogen-bond donors (Lipinski definition) is 2. The third kappa shape index (κ3) is 6.20. The molecule has 2 N–H and O–H groups in total. The van der Waals surface area contributed by atoms with Crippen molar-refractivity contribution in [1.82, 2.24) is 10.3 Å². The summed E-state index contributed by atoms with van der Waals surface area (Å²) in [7, 11) is 0. The van der Waals surface area contributed by atoms with Crippen molar-refractivity contribution in [2.75, 3.05) is 11.9 Å². The van der Waals surface area contributed by atoms with Gasteiger partial charge in [0.05, 0.1) is 28.5 Å². The molecule has 0 bridgehead atoms. The van der Waals surface area contributed by atoms with Gasteiger partial charge >= 0.3 is 0 Å². The third-order valence-electron chi connectivity index (χ3n) is 3.84. The van der Waals surface area contributed by atoms with E-state index < -0.39 is 11.8 Å². The summed E-state index contributed by atoms with van der Waals surface area (Å²) in [4.78, 5) is 28.3. The first kappa shape index (κ1) is 20.6. The molecule has 1 aromatic heterocycles. The molecule has 0 atom stereocenters. The summed E-state index contributed by atoms with van der Waals surface area (Å²) in [6, 6.07) is 17.5. The molecule has 29 heavy (non-hydrogen) atoms. The molecule has 0 unspecified atom stereocenters. The molecule has 0 radical (unpaired) electrons. The average molecular weight is 430 g/mol. The number of anilines is 1. The first-order chi connectivity index (χ1) is 14.0. The van der Waals surface area contributed by atoms with Crippen LogP contribution in [0.5, 0.6) is 5.88 Å². The highest BCUT2D eigenvalue weighted by Crippen LogP contribution is 2.22. The van der Waals surface area contributed by atoms with Crippen LogP contribution in [0.4, 0.5) is 5.69 Å². The van der Waals surface area contributed by atoms with Gasteiger partial charge in [0, 0.05) is 11.6 Å². The lowest BCUT2D eigenvalue weighted by molar-refractivity contribution is -0.115. The van der Waals surface area contributed by atoms with E-state index in [4.69, 9.17) is 27.9 Å². The first-order valence-corrected chi connectivity index (χ1v) is 9.43. The Morgan fingerprint density at radius 1 is 0.966 bits per heavy atom. The number of carbonyl (C=O) groups excluding carboxylic acids is 2. The van der Waals surface area contributed by atoms with Gasteiger partial charge in [-0.2, -0.15) is 0 Å². The molecule has 2 aromatic carbocycles. The number of benzene rings is 2. The van der Waals surface area contributed by atoms with E-state index >= 15 is 0 Å². The van der Waals surface area contributed by atoms with Crippen molar-refractivity contribution in [2.24, 2.45) is 0 Å². The molecule has 3 rings (SSSR count).